The standard InChI is InChI=1S/C8H14FNO2.ClH/c1-7(2,3)12-6(11)8(9)4-10-5-8;/h10H,4-5H2,1-3H3;1H. The predicted octanol–water partition coefficient (Wildman–Crippen LogP) is 1.06. The maximum atomic E-state index is 13.3. The molecular weight excluding hydrogens is 197 g/mol. The van der Waals surface area contributed by atoms with Crippen molar-refractivity contribution < 1.29 is 13.9 Å². The van der Waals surface area contributed by atoms with Gasteiger partial charge in [-0.15, -0.1) is 12.4 Å². The van der Waals surface area contributed by atoms with E-state index in [1.165, 1.54) is 0 Å². The number of hydrogen-bond donors (Lipinski definition) is 1. The SMILES string of the molecule is CC(C)(C)OC(=O)C1(F)CNC1.Cl. The first-order chi connectivity index (χ1) is 5.33. The van der Waals surface area contributed by atoms with Gasteiger partial charge in [-0.2, -0.15) is 0 Å². The lowest BCUT2D eigenvalue weighted by Gasteiger charge is -2.34. The van der Waals surface area contributed by atoms with Crippen LogP contribution in [0.2, 0.25) is 0 Å². The molecule has 1 N–H and O–H groups in total. The minimum Gasteiger partial charge on any atom is -0.458 e. The van der Waals surface area contributed by atoms with Crippen LogP contribution in [0.1, 0.15) is 20.8 Å². The first-order valence-electron chi connectivity index (χ1n) is 3.97. The van der Waals surface area contributed by atoms with Crippen LogP contribution in [0.3, 0.4) is 0 Å². The molecule has 1 aliphatic rings. The second-order valence-corrected chi connectivity index (χ2v) is 4.07. The predicted molar refractivity (Wildman–Crippen MR) is 49.8 cm³/mol. The van der Waals surface area contributed by atoms with Crippen LogP contribution in [0.4, 0.5) is 4.39 Å². The Morgan fingerprint density at radius 2 is 1.92 bits per heavy atom. The zero-order chi connectivity index (χ0) is 9.41. The molecule has 5 heteroatoms. The molecule has 1 aliphatic heterocycles. The average molecular weight is 212 g/mol. The molecule has 0 aromatic rings. The Morgan fingerprint density at radius 1 is 1.46 bits per heavy atom. The van der Waals surface area contributed by atoms with Gasteiger partial charge < -0.3 is 10.1 Å². The van der Waals surface area contributed by atoms with E-state index in [0.717, 1.165) is 0 Å². The number of hydrogen-bond acceptors (Lipinski definition) is 3. The summed E-state index contributed by atoms with van der Waals surface area (Å²) < 4.78 is 18.2. The molecular formula is C8H15ClFNO2. The van der Waals surface area contributed by atoms with Gasteiger partial charge in [0.05, 0.1) is 0 Å². The van der Waals surface area contributed by atoms with E-state index >= 15 is 0 Å². The molecule has 1 fully saturated rings. The summed E-state index contributed by atoms with van der Waals surface area (Å²) >= 11 is 0. The fourth-order valence-electron chi connectivity index (χ4n) is 0.858. The van der Waals surface area contributed by atoms with Crippen molar-refractivity contribution in [2.24, 2.45) is 0 Å². The van der Waals surface area contributed by atoms with E-state index in [0.29, 0.717) is 0 Å². The minimum atomic E-state index is -1.78. The van der Waals surface area contributed by atoms with Gasteiger partial charge in [-0.05, 0) is 20.8 Å². The maximum absolute atomic E-state index is 13.3. The molecule has 13 heavy (non-hydrogen) atoms. The first-order valence-corrected chi connectivity index (χ1v) is 3.97. The van der Waals surface area contributed by atoms with Gasteiger partial charge in [0.1, 0.15) is 5.60 Å². The zero-order valence-electron chi connectivity index (χ0n) is 8.02. The fourth-order valence-corrected chi connectivity index (χ4v) is 0.858. The molecule has 1 saturated heterocycles. The molecule has 0 bridgehead atoms. The lowest BCUT2D eigenvalue weighted by molar-refractivity contribution is -0.173. The highest BCUT2D eigenvalue weighted by Gasteiger charge is 2.47. The Labute approximate surface area is 83.4 Å². The van der Waals surface area contributed by atoms with E-state index in [4.69, 9.17) is 4.74 Å². The Hall–Kier alpha value is -0.350. The summed E-state index contributed by atoms with van der Waals surface area (Å²) in [4.78, 5) is 11.1. The minimum absolute atomic E-state index is 0. The number of ether oxygens (including phenoxy) is 1. The van der Waals surface area contributed by atoms with Crippen molar-refractivity contribution >= 4 is 18.4 Å². The monoisotopic (exact) mass is 211 g/mol. The van der Waals surface area contributed by atoms with Crippen molar-refractivity contribution in [3.63, 3.8) is 0 Å². The van der Waals surface area contributed by atoms with Gasteiger partial charge in [-0.25, -0.2) is 9.18 Å². The van der Waals surface area contributed by atoms with Crippen LogP contribution in [-0.2, 0) is 9.53 Å². The van der Waals surface area contributed by atoms with Crippen molar-refractivity contribution in [2.45, 2.75) is 32.0 Å². The smallest absolute Gasteiger partial charge is 0.347 e. The molecule has 1 heterocycles. The molecule has 0 aliphatic carbocycles. The van der Waals surface area contributed by atoms with Gasteiger partial charge in [0.15, 0.2) is 0 Å². The third-order valence-electron chi connectivity index (χ3n) is 1.58. The number of alkyl halides is 1. The van der Waals surface area contributed by atoms with Gasteiger partial charge in [-0.3, -0.25) is 0 Å². The summed E-state index contributed by atoms with van der Waals surface area (Å²) in [5.41, 5.74) is -2.39. The van der Waals surface area contributed by atoms with Crippen LogP contribution in [0.25, 0.3) is 0 Å². The summed E-state index contributed by atoms with van der Waals surface area (Å²) in [6.45, 7) is 5.31. The topological polar surface area (TPSA) is 38.3 Å². The molecule has 78 valence electrons. The second kappa shape index (κ2) is 3.80. The summed E-state index contributed by atoms with van der Waals surface area (Å²) in [5, 5.41) is 2.69. The second-order valence-electron chi connectivity index (χ2n) is 4.07. The highest BCUT2D eigenvalue weighted by Crippen LogP contribution is 2.21. The van der Waals surface area contributed by atoms with E-state index in [9.17, 15) is 9.18 Å². The molecule has 0 unspecified atom stereocenters. The van der Waals surface area contributed by atoms with Crippen molar-refractivity contribution in [3.05, 3.63) is 0 Å². The van der Waals surface area contributed by atoms with Crippen LogP contribution in [0.5, 0.6) is 0 Å². The van der Waals surface area contributed by atoms with E-state index in [-0.39, 0.29) is 25.5 Å². The number of rotatable bonds is 1. The highest BCUT2D eigenvalue weighted by atomic mass is 35.5. The lowest BCUT2D eigenvalue weighted by Crippen LogP contribution is -2.62. The Balaban J connectivity index is 0.00000144. The molecule has 0 radical (unpaired) electrons. The van der Waals surface area contributed by atoms with Crippen molar-refractivity contribution in [3.8, 4) is 0 Å². The van der Waals surface area contributed by atoms with Gasteiger partial charge in [-0.1, -0.05) is 0 Å². The molecule has 0 atom stereocenters. The van der Waals surface area contributed by atoms with Crippen molar-refractivity contribution in [1.29, 1.82) is 0 Å². The molecule has 0 aromatic carbocycles. The Bertz CT molecular complexity index is 199. The molecule has 0 amide bonds. The maximum Gasteiger partial charge on any atom is 0.347 e. The molecule has 3 nitrogen and oxygen atoms in total. The van der Waals surface area contributed by atoms with Crippen LogP contribution in [0.15, 0.2) is 0 Å². The summed E-state index contributed by atoms with van der Waals surface area (Å²) in [6.07, 6.45) is 0. The van der Waals surface area contributed by atoms with Gasteiger partial charge >= 0.3 is 5.97 Å². The van der Waals surface area contributed by atoms with Crippen LogP contribution in [0, 0.1) is 0 Å². The number of halogens is 2. The van der Waals surface area contributed by atoms with E-state index < -0.39 is 17.2 Å². The Kier molecular flexibility index (Phi) is 3.70. The quantitative estimate of drug-likeness (QED) is 0.660. The van der Waals surface area contributed by atoms with E-state index in [1.54, 1.807) is 20.8 Å². The van der Waals surface area contributed by atoms with Gasteiger partial charge in [0.2, 0.25) is 5.67 Å². The third kappa shape index (κ3) is 3.12. The Morgan fingerprint density at radius 3 is 2.15 bits per heavy atom. The van der Waals surface area contributed by atoms with E-state index in [1.807, 2.05) is 0 Å². The normalized spacial score (nSPS) is 19.7. The molecule has 0 aromatic heterocycles. The third-order valence-corrected chi connectivity index (χ3v) is 1.58. The number of carbonyl (C=O) groups excluding carboxylic acids is 1. The van der Waals surface area contributed by atoms with Crippen LogP contribution in [-0.4, -0.2) is 30.3 Å². The molecule has 0 saturated carbocycles. The average Bonchev–Trinajstić information content (AvgIpc) is 1.78. The summed E-state index contributed by atoms with van der Waals surface area (Å²) in [7, 11) is 0. The fraction of sp³-hybridized carbons (Fsp3) is 0.875. The van der Waals surface area contributed by atoms with Crippen LogP contribution >= 0.6 is 12.4 Å². The number of nitrogens with one attached hydrogen (secondary N) is 1. The summed E-state index contributed by atoms with van der Waals surface area (Å²) in [6, 6.07) is 0. The van der Waals surface area contributed by atoms with Crippen molar-refractivity contribution in [2.75, 3.05) is 13.1 Å². The lowest BCUT2D eigenvalue weighted by atomic mass is 9.99. The summed E-state index contributed by atoms with van der Waals surface area (Å²) in [5.74, 6) is -0.756. The first kappa shape index (κ1) is 12.7. The zero-order valence-corrected chi connectivity index (χ0v) is 8.83. The van der Waals surface area contributed by atoms with E-state index in [2.05, 4.69) is 5.32 Å². The largest absolute Gasteiger partial charge is 0.458 e. The highest BCUT2D eigenvalue weighted by molar-refractivity contribution is 5.85. The molecule has 0 spiro atoms. The van der Waals surface area contributed by atoms with Gasteiger partial charge in [0.25, 0.3) is 0 Å². The molecule has 1 rings (SSSR count). The number of carbonyl (C=O) groups is 1. The van der Waals surface area contributed by atoms with Crippen molar-refractivity contribution in [1.82, 2.24) is 5.32 Å². The van der Waals surface area contributed by atoms with Crippen LogP contribution < -0.4 is 5.32 Å². The van der Waals surface area contributed by atoms with Gasteiger partial charge in [0, 0.05) is 13.1 Å². The number of esters is 1.